The summed E-state index contributed by atoms with van der Waals surface area (Å²) in [5, 5.41) is 0. The van der Waals surface area contributed by atoms with Gasteiger partial charge in [0.1, 0.15) is 0 Å². The fraction of sp³-hybridized carbons (Fsp3) is 0.455. The van der Waals surface area contributed by atoms with Gasteiger partial charge >= 0.3 is 8.56 Å². The molecule has 0 aromatic heterocycles. The lowest BCUT2D eigenvalue weighted by Gasteiger charge is -2.22. The standard InChI is InChI=1S/C11H13F5O2Si/c1-17-19(3,18-2)5-4-6-7(12)9(14)11(16)10(15)8(6)13/h4-5H2,1-3H3. The summed E-state index contributed by atoms with van der Waals surface area (Å²) in [6.07, 6.45) is -0.351. The highest BCUT2D eigenvalue weighted by Gasteiger charge is 2.31. The minimum Gasteiger partial charge on any atom is -0.398 e. The van der Waals surface area contributed by atoms with Crippen molar-refractivity contribution in [3.63, 3.8) is 0 Å². The van der Waals surface area contributed by atoms with Gasteiger partial charge in [-0.05, 0) is 19.0 Å². The van der Waals surface area contributed by atoms with Gasteiger partial charge in [0.25, 0.3) is 0 Å². The molecule has 0 saturated carbocycles. The van der Waals surface area contributed by atoms with Gasteiger partial charge < -0.3 is 8.85 Å². The van der Waals surface area contributed by atoms with E-state index in [1.54, 1.807) is 6.55 Å². The van der Waals surface area contributed by atoms with Crippen molar-refractivity contribution in [2.24, 2.45) is 0 Å². The van der Waals surface area contributed by atoms with Crippen LogP contribution in [0.5, 0.6) is 0 Å². The molecule has 19 heavy (non-hydrogen) atoms. The Hall–Kier alpha value is -0.993. The van der Waals surface area contributed by atoms with Crippen molar-refractivity contribution in [3.8, 4) is 0 Å². The van der Waals surface area contributed by atoms with Gasteiger partial charge in [-0.3, -0.25) is 0 Å². The molecule has 1 aromatic rings. The molecule has 0 fully saturated rings. The van der Waals surface area contributed by atoms with Gasteiger partial charge in [-0.1, -0.05) is 0 Å². The molecule has 0 aliphatic carbocycles. The summed E-state index contributed by atoms with van der Waals surface area (Å²) in [5.74, 6) is -9.64. The van der Waals surface area contributed by atoms with Crippen molar-refractivity contribution in [3.05, 3.63) is 34.6 Å². The molecule has 0 radical (unpaired) electrons. The van der Waals surface area contributed by atoms with Crippen LogP contribution in [-0.2, 0) is 15.3 Å². The third kappa shape index (κ3) is 3.13. The van der Waals surface area contributed by atoms with E-state index >= 15 is 0 Å². The Kier molecular flexibility index (Phi) is 5.05. The number of hydrogen-bond acceptors (Lipinski definition) is 2. The van der Waals surface area contributed by atoms with Crippen LogP contribution in [0.4, 0.5) is 22.0 Å². The van der Waals surface area contributed by atoms with E-state index in [0.717, 1.165) is 0 Å². The summed E-state index contributed by atoms with van der Waals surface area (Å²) in [4.78, 5) is 0. The monoisotopic (exact) mass is 300 g/mol. The van der Waals surface area contributed by atoms with Crippen molar-refractivity contribution in [2.45, 2.75) is 19.0 Å². The third-order valence-corrected chi connectivity index (χ3v) is 5.88. The summed E-state index contributed by atoms with van der Waals surface area (Å²) in [5.41, 5.74) is -0.843. The predicted octanol–water partition coefficient (Wildman–Crippen LogP) is 3.29. The molecule has 8 heteroatoms. The van der Waals surface area contributed by atoms with Crippen LogP contribution in [0.25, 0.3) is 0 Å². The van der Waals surface area contributed by atoms with E-state index in [1.165, 1.54) is 14.2 Å². The largest absolute Gasteiger partial charge is 0.398 e. The Morgan fingerprint density at radius 2 is 1.16 bits per heavy atom. The first-order valence-corrected chi connectivity index (χ1v) is 7.90. The van der Waals surface area contributed by atoms with Gasteiger partial charge in [0, 0.05) is 19.8 Å². The van der Waals surface area contributed by atoms with Gasteiger partial charge in [0.15, 0.2) is 23.3 Å². The highest BCUT2D eigenvalue weighted by Crippen LogP contribution is 2.26. The van der Waals surface area contributed by atoms with Crippen molar-refractivity contribution in [1.29, 1.82) is 0 Å². The van der Waals surface area contributed by atoms with E-state index in [1.807, 2.05) is 0 Å². The molecule has 108 valence electrons. The van der Waals surface area contributed by atoms with Gasteiger partial charge in [0.2, 0.25) is 5.82 Å². The molecular formula is C11H13F5O2Si. The summed E-state index contributed by atoms with van der Waals surface area (Å²) in [6, 6.07) is 0.0678. The van der Waals surface area contributed by atoms with Crippen LogP contribution >= 0.6 is 0 Å². The molecule has 0 heterocycles. The van der Waals surface area contributed by atoms with E-state index < -0.39 is 43.2 Å². The molecule has 1 rings (SSSR count). The molecular weight excluding hydrogens is 287 g/mol. The summed E-state index contributed by atoms with van der Waals surface area (Å²) < 4.78 is 75.7. The Bertz CT molecular complexity index is 448. The topological polar surface area (TPSA) is 18.5 Å². The van der Waals surface area contributed by atoms with Gasteiger partial charge in [-0.2, -0.15) is 0 Å². The predicted molar refractivity (Wildman–Crippen MR) is 60.4 cm³/mol. The second-order valence-corrected chi connectivity index (χ2v) is 7.67. The van der Waals surface area contributed by atoms with Crippen LogP contribution in [0.1, 0.15) is 5.56 Å². The van der Waals surface area contributed by atoms with E-state index in [4.69, 9.17) is 8.85 Å². The lowest BCUT2D eigenvalue weighted by atomic mass is 10.1. The lowest BCUT2D eigenvalue weighted by molar-refractivity contribution is 0.249. The molecule has 0 saturated heterocycles. The van der Waals surface area contributed by atoms with E-state index in [9.17, 15) is 22.0 Å². The van der Waals surface area contributed by atoms with Crippen molar-refractivity contribution >= 4 is 8.56 Å². The minimum absolute atomic E-state index is 0.0678. The zero-order chi connectivity index (χ0) is 14.8. The Morgan fingerprint density at radius 3 is 1.53 bits per heavy atom. The van der Waals surface area contributed by atoms with Crippen molar-refractivity contribution in [1.82, 2.24) is 0 Å². The van der Waals surface area contributed by atoms with Crippen LogP contribution in [0, 0.1) is 29.1 Å². The zero-order valence-electron chi connectivity index (χ0n) is 10.6. The molecule has 0 spiro atoms. The first-order chi connectivity index (χ1) is 8.77. The van der Waals surface area contributed by atoms with Crippen LogP contribution in [0.3, 0.4) is 0 Å². The zero-order valence-corrected chi connectivity index (χ0v) is 11.6. The maximum absolute atomic E-state index is 13.4. The molecule has 1 aromatic carbocycles. The molecule has 0 aliphatic rings. The maximum atomic E-state index is 13.4. The Labute approximate surface area is 108 Å². The third-order valence-electron chi connectivity index (χ3n) is 2.99. The average Bonchev–Trinajstić information content (AvgIpc) is 2.42. The SMILES string of the molecule is CO[Si](C)(CCc1c(F)c(F)c(F)c(F)c1F)OC. The number of benzene rings is 1. The van der Waals surface area contributed by atoms with Crippen LogP contribution in [-0.4, -0.2) is 22.8 Å². The van der Waals surface area contributed by atoms with Gasteiger partial charge in [0.05, 0.1) is 0 Å². The quantitative estimate of drug-likeness (QED) is 0.359. The van der Waals surface area contributed by atoms with Gasteiger partial charge in [-0.15, -0.1) is 0 Å². The normalized spacial score (nSPS) is 12.0. The van der Waals surface area contributed by atoms with E-state index in [0.29, 0.717) is 0 Å². The van der Waals surface area contributed by atoms with E-state index in [2.05, 4.69) is 0 Å². The summed E-state index contributed by atoms with van der Waals surface area (Å²) >= 11 is 0. The smallest absolute Gasteiger partial charge is 0.334 e. The first kappa shape index (κ1) is 16.1. The minimum atomic E-state index is -2.65. The Balaban J connectivity index is 3.09. The highest BCUT2D eigenvalue weighted by molar-refractivity contribution is 6.65. The van der Waals surface area contributed by atoms with Crippen LogP contribution < -0.4 is 0 Å². The summed E-state index contributed by atoms with van der Waals surface area (Å²) in [6.45, 7) is 1.62. The lowest BCUT2D eigenvalue weighted by Crippen LogP contribution is -2.36. The van der Waals surface area contributed by atoms with E-state index in [-0.39, 0.29) is 12.5 Å². The fourth-order valence-corrected chi connectivity index (χ4v) is 2.79. The number of hydrogen-bond donors (Lipinski definition) is 0. The maximum Gasteiger partial charge on any atom is 0.334 e. The van der Waals surface area contributed by atoms with Crippen molar-refractivity contribution < 1.29 is 30.8 Å². The fourth-order valence-electron chi connectivity index (χ4n) is 1.51. The second-order valence-electron chi connectivity index (χ2n) is 4.09. The molecule has 0 bridgehead atoms. The van der Waals surface area contributed by atoms with Crippen LogP contribution in [0.2, 0.25) is 12.6 Å². The second kappa shape index (κ2) is 5.97. The Morgan fingerprint density at radius 1 is 0.789 bits per heavy atom. The van der Waals surface area contributed by atoms with Gasteiger partial charge in [-0.25, -0.2) is 22.0 Å². The molecule has 0 unspecified atom stereocenters. The van der Waals surface area contributed by atoms with Crippen LogP contribution in [0.15, 0.2) is 0 Å². The molecule has 0 atom stereocenters. The average molecular weight is 300 g/mol. The molecule has 0 aliphatic heterocycles. The molecule has 2 nitrogen and oxygen atoms in total. The number of halogens is 5. The number of rotatable bonds is 5. The molecule has 0 N–H and O–H groups in total. The molecule has 0 amide bonds. The summed E-state index contributed by atoms with van der Waals surface area (Å²) in [7, 11) is 0.0923. The van der Waals surface area contributed by atoms with Crippen molar-refractivity contribution in [2.75, 3.05) is 14.2 Å². The highest BCUT2D eigenvalue weighted by atomic mass is 28.4. The first-order valence-electron chi connectivity index (χ1n) is 5.38.